The molecule has 1 nitrogen and oxygen atoms in total. The van der Waals surface area contributed by atoms with Crippen molar-refractivity contribution in [2.24, 2.45) is 52.3 Å². The number of Topliss-reactive ketones (excluding diaryl/α,β-unsaturated/α-hetero) is 1. The van der Waals surface area contributed by atoms with Crippen molar-refractivity contribution in [1.82, 2.24) is 0 Å². The van der Waals surface area contributed by atoms with E-state index in [-0.39, 0.29) is 0 Å². The molecule has 1 heteroatoms. The molecule has 4 rings (SSSR count). The molecule has 0 radical (unpaired) electrons. The molecule has 3 fully saturated rings. The zero-order valence-electron chi connectivity index (χ0n) is 20.8. The summed E-state index contributed by atoms with van der Waals surface area (Å²) in [6, 6.07) is 0. The molecule has 0 unspecified atom stereocenters. The predicted molar refractivity (Wildman–Crippen MR) is 127 cm³/mol. The van der Waals surface area contributed by atoms with Gasteiger partial charge in [0.05, 0.1) is 0 Å². The van der Waals surface area contributed by atoms with E-state index in [1.165, 1.54) is 51.4 Å². The molecule has 8 atom stereocenters. The van der Waals surface area contributed by atoms with Gasteiger partial charge in [-0.3, -0.25) is 4.79 Å². The second kappa shape index (κ2) is 8.40. The molecule has 0 heterocycles. The first-order valence-corrected chi connectivity index (χ1v) is 13.4. The maximum atomic E-state index is 12.1. The van der Waals surface area contributed by atoms with Crippen molar-refractivity contribution in [1.29, 1.82) is 0 Å². The first-order chi connectivity index (χ1) is 14.2. The van der Waals surface area contributed by atoms with Gasteiger partial charge in [0.1, 0.15) is 5.78 Å². The lowest BCUT2D eigenvalue weighted by atomic mass is 9.47. The normalized spacial score (nSPS) is 42.9. The topological polar surface area (TPSA) is 17.1 Å². The lowest BCUT2D eigenvalue weighted by molar-refractivity contribution is -0.127. The highest BCUT2D eigenvalue weighted by atomic mass is 16.1. The van der Waals surface area contributed by atoms with Crippen molar-refractivity contribution in [3.8, 4) is 0 Å². The highest BCUT2D eigenvalue weighted by Crippen LogP contribution is 2.66. The minimum atomic E-state index is 0.397. The third kappa shape index (κ3) is 3.65. The summed E-state index contributed by atoms with van der Waals surface area (Å²) in [5, 5.41) is 0. The van der Waals surface area contributed by atoms with Crippen LogP contribution in [0.1, 0.15) is 112 Å². The van der Waals surface area contributed by atoms with E-state index in [2.05, 4.69) is 47.6 Å². The Bertz CT molecular complexity index is 674. The van der Waals surface area contributed by atoms with E-state index in [1.54, 1.807) is 0 Å². The summed E-state index contributed by atoms with van der Waals surface area (Å²) in [6.45, 7) is 15.0. The average molecular weight is 413 g/mol. The molecule has 30 heavy (non-hydrogen) atoms. The quantitative estimate of drug-likeness (QED) is 0.401. The molecule has 170 valence electrons. The fourth-order valence-corrected chi connectivity index (χ4v) is 8.97. The van der Waals surface area contributed by atoms with Crippen LogP contribution in [0.25, 0.3) is 0 Å². The van der Waals surface area contributed by atoms with E-state index in [1.807, 2.05) is 5.57 Å². The first-order valence-electron chi connectivity index (χ1n) is 13.4. The van der Waals surface area contributed by atoms with Crippen LogP contribution >= 0.6 is 0 Å². The Labute approximate surface area is 186 Å². The molecule has 0 spiro atoms. The van der Waals surface area contributed by atoms with Crippen molar-refractivity contribution in [2.75, 3.05) is 0 Å². The minimum Gasteiger partial charge on any atom is -0.300 e. The molecule has 0 N–H and O–H groups in total. The van der Waals surface area contributed by atoms with Crippen LogP contribution in [0.2, 0.25) is 0 Å². The number of rotatable bonds is 6. The van der Waals surface area contributed by atoms with Gasteiger partial charge < -0.3 is 0 Å². The Hall–Kier alpha value is -0.590. The van der Waals surface area contributed by atoms with Gasteiger partial charge >= 0.3 is 0 Å². The summed E-state index contributed by atoms with van der Waals surface area (Å²) < 4.78 is 0. The molecule has 4 aliphatic rings. The highest BCUT2D eigenvalue weighted by molar-refractivity contribution is 5.79. The van der Waals surface area contributed by atoms with E-state index in [9.17, 15) is 4.79 Å². The van der Waals surface area contributed by atoms with Gasteiger partial charge in [-0.15, -0.1) is 0 Å². The number of carbonyl (C=O) groups excluding carboxylic acids is 1. The Balaban J connectivity index is 1.49. The summed E-state index contributed by atoms with van der Waals surface area (Å²) in [7, 11) is 0. The third-order valence-corrected chi connectivity index (χ3v) is 11.1. The molecular weight excluding hydrogens is 364 g/mol. The molecular formula is C29H48O. The van der Waals surface area contributed by atoms with Crippen molar-refractivity contribution < 1.29 is 4.79 Å². The van der Waals surface area contributed by atoms with Crippen LogP contribution < -0.4 is 0 Å². The summed E-state index contributed by atoms with van der Waals surface area (Å²) in [4.78, 5) is 12.1. The number of hydrogen-bond acceptors (Lipinski definition) is 1. The number of ketones is 1. The third-order valence-electron chi connectivity index (χ3n) is 11.1. The molecule has 0 aromatic carbocycles. The molecule has 0 amide bonds. The van der Waals surface area contributed by atoms with Crippen molar-refractivity contribution >= 4 is 5.78 Å². The van der Waals surface area contributed by atoms with Gasteiger partial charge in [-0.05, 0) is 97.2 Å². The number of fused-ring (bicyclic) bond motifs is 5. The fraction of sp³-hybridized carbons (Fsp3) is 0.897. The SMILES string of the molecule is CC[C@H](CC[C@@H](C)[C@@H]1CC[C@H]2C3=CC[C@H]4CC(=O)CC[C@]4(C)[C@H]3CC[C@@]21C)C(C)C. The van der Waals surface area contributed by atoms with Crippen LogP contribution in [0.5, 0.6) is 0 Å². The van der Waals surface area contributed by atoms with Crippen LogP contribution in [-0.4, -0.2) is 5.78 Å². The van der Waals surface area contributed by atoms with Gasteiger partial charge in [0.2, 0.25) is 0 Å². The number of carbonyl (C=O) groups is 1. The lowest BCUT2D eigenvalue weighted by Gasteiger charge is -2.57. The average Bonchev–Trinajstić information content (AvgIpc) is 3.06. The van der Waals surface area contributed by atoms with Crippen molar-refractivity contribution in [2.45, 2.75) is 112 Å². The largest absolute Gasteiger partial charge is 0.300 e. The molecule has 0 aromatic heterocycles. The van der Waals surface area contributed by atoms with Gasteiger partial charge in [0, 0.05) is 12.8 Å². The van der Waals surface area contributed by atoms with Gasteiger partial charge in [-0.25, -0.2) is 0 Å². The van der Waals surface area contributed by atoms with Crippen LogP contribution in [0.15, 0.2) is 11.6 Å². The number of hydrogen-bond donors (Lipinski definition) is 0. The summed E-state index contributed by atoms with van der Waals surface area (Å²) in [5.41, 5.74) is 2.77. The molecule has 0 bridgehead atoms. The number of allylic oxidation sites excluding steroid dienone is 2. The molecule has 0 aliphatic heterocycles. The summed E-state index contributed by atoms with van der Waals surface area (Å²) in [5.74, 6) is 6.24. The van der Waals surface area contributed by atoms with Crippen LogP contribution in [-0.2, 0) is 4.79 Å². The molecule has 4 aliphatic carbocycles. The Morgan fingerprint density at radius 2 is 1.73 bits per heavy atom. The van der Waals surface area contributed by atoms with Crippen molar-refractivity contribution in [3.63, 3.8) is 0 Å². The monoisotopic (exact) mass is 412 g/mol. The predicted octanol–water partition coefficient (Wildman–Crippen LogP) is 8.23. The van der Waals surface area contributed by atoms with Gasteiger partial charge in [0.25, 0.3) is 0 Å². The molecule has 0 saturated heterocycles. The lowest BCUT2D eigenvalue weighted by Crippen LogP contribution is -2.49. The highest BCUT2D eigenvalue weighted by Gasteiger charge is 2.58. The zero-order chi connectivity index (χ0) is 21.7. The maximum absolute atomic E-state index is 12.1. The minimum absolute atomic E-state index is 0.397. The van der Waals surface area contributed by atoms with Gasteiger partial charge in [0.15, 0.2) is 0 Å². The Morgan fingerprint density at radius 1 is 1.00 bits per heavy atom. The van der Waals surface area contributed by atoms with Gasteiger partial charge in [-0.2, -0.15) is 0 Å². The smallest absolute Gasteiger partial charge is 0.133 e. The van der Waals surface area contributed by atoms with Crippen LogP contribution in [0.3, 0.4) is 0 Å². The van der Waals surface area contributed by atoms with E-state index in [4.69, 9.17) is 0 Å². The summed E-state index contributed by atoms with van der Waals surface area (Å²) in [6.07, 6.45) is 16.5. The van der Waals surface area contributed by atoms with E-state index >= 15 is 0 Å². The standard InChI is InChI=1S/C29H48O/c1-7-21(19(2)3)9-8-20(4)25-12-13-26-24-11-10-22-18-23(30)14-16-28(22,5)27(24)15-17-29(25,26)6/h11,19-22,25-27H,7-10,12-18H2,1-6H3/t20-,21-,22+,25+,26+,27+,28+,29-/m1/s1. The Kier molecular flexibility index (Phi) is 6.33. The Morgan fingerprint density at radius 3 is 2.43 bits per heavy atom. The fourth-order valence-electron chi connectivity index (χ4n) is 8.97. The van der Waals surface area contributed by atoms with Crippen LogP contribution in [0, 0.1) is 52.3 Å². The van der Waals surface area contributed by atoms with E-state index in [0.717, 1.165) is 54.8 Å². The van der Waals surface area contributed by atoms with Crippen molar-refractivity contribution in [3.05, 3.63) is 11.6 Å². The zero-order valence-corrected chi connectivity index (χ0v) is 20.8. The summed E-state index contributed by atoms with van der Waals surface area (Å²) >= 11 is 0. The molecule has 0 aromatic rings. The second-order valence-corrected chi connectivity index (χ2v) is 12.7. The van der Waals surface area contributed by atoms with E-state index in [0.29, 0.717) is 22.5 Å². The molecule has 3 saturated carbocycles. The van der Waals surface area contributed by atoms with E-state index < -0.39 is 0 Å². The second-order valence-electron chi connectivity index (χ2n) is 12.7. The van der Waals surface area contributed by atoms with Crippen LogP contribution in [0.4, 0.5) is 0 Å². The maximum Gasteiger partial charge on any atom is 0.133 e. The van der Waals surface area contributed by atoms with Gasteiger partial charge in [-0.1, -0.05) is 66.0 Å². The first kappa shape index (κ1) is 22.6.